The molecular formula is C12H19N3. The quantitative estimate of drug-likeness (QED) is 0.776. The number of hydrogen-bond donors (Lipinski definition) is 2. The second-order valence-electron chi connectivity index (χ2n) is 4.25. The minimum absolute atomic E-state index is 0.558. The summed E-state index contributed by atoms with van der Waals surface area (Å²) in [5.74, 6) is 0. The Kier molecular flexibility index (Phi) is 2.71. The molecule has 0 saturated heterocycles. The van der Waals surface area contributed by atoms with Gasteiger partial charge in [0.1, 0.15) is 0 Å². The van der Waals surface area contributed by atoms with Gasteiger partial charge in [-0.15, -0.1) is 0 Å². The third-order valence-corrected chi connectivity index (χ3v) is 2.91. The Bertz CT molecular complexity index is 347. The van der Waals surface area contributed by atoms with Crippen molar-refractivity contribution < 1.29 is 0 Å². The minimum atomic E-state index is 0.558. The van der Waals surface area contributed by atoms with Crippen molar-refractivity contribution in [2.45, 2.75) is 19.4 Å². The summed E-state index contributed by atoms with van der Waals surface area (Å²) in [7, 11) is 4.12. The van der Waals surface area contributed by atoms with Gasteiger partial charge >= 0.3 is 0 Å². The van der Waals surface area contributed by atoms with Crippen molar-refractivity contribution in [1.29, 1.82) is 0 Å². The minimum Gasteiger partial charge on any atom is -0.381 e. The first-order valence-electron chi connectivity index (χ1n) is 5.52. The maximum Gasteiger partial charge on any atom is 0.0597 e. The van der Waals surface area contributed by atoms with Crippen LogP contribution in [0.25, 0.3) is 0 Å². The number of rotatable bonds is 2. The molecule has 1 aromatic rings. The van der Waals surface area contributed by atoms with E-state index in [1.165, 1.54) is 17.1 Å². The summed E-state index contributed by atoms with van der Waals surface area (Å²) in [6, 6.07) is 7.04. The normalized spacial score (nSPS) is 18.7. The molecule has 1 aliphatic heterocycles. The SMILES string of the molecule is CCC1CNc2cc(N(C)C)ccc2N1. The fourth-order valence-electron chi connectivity index (χ4n) is 1.83. The van der Waals surface area contributed by atoms with Gasteiger partial charge in [-0.25, -0.2) is 0 Å². The highest BCUT2D eigenvalue weighted by atomic mass is 15.1. The molecule has 82 valence electrons. The van der Waals surface area contributed by atoms with Crippen LogP contribution in [0.4, 0.5) is 17.1 Å². The zero-order chi connectivity index (χ0) is 10.8. The molecule has 0 bridgehead atoms. The molecule has 0 saturated carbocycles. The van der Waals surface area contributed by atoms with Crippen LogP contribution in [-0.2, 0) is 0 Å². The maximum absolute atomic E-state index is 3.53. The number of nitrogens with one attached hydrogen (secondary N) is 2. The van der Waals surface area contributed by atoms with E-state index < -0.39 is 0 Å². The Balaban J connectivity index is 2.24. The smallest absolute Gasteiger partial charge is 0.0597 e. The van der Waals surface area contributed by atoms with Crippen LogP contribution in [0.5, 0.6) is 0 Å². The van der Waals surface area contributed by atoms with Crippen LogP contribution in [0, 0.1) is 0 Å². The van der Waals surface area contributed by atoms with Gasteiger partial charge in [-0.05, 0) is 24.6 Å². The van der Waals surface area contributed by atoms with Gasteiger partial charge in [-0.3, -0.25) is 0 Å². The summed E-state index contributed by atoms with van der Waals surface area (Å²) >= 11 is 0. The molecule has 3 heteroatoms. The molecule has 0 radical (unpaired) electrons. The van der Waals surface area contributed by atoms with Crippen molar-refractivity contribution in [2.75, 3.05) is 36.2 Å². The van der Waals surface area contributed by atoms with Crippen molar-refractivity contribution in [3.05, 3.63) is 18.2 Å². The van der Waals surface area contributed by atoms with Gasteiger partial charge in [-0.2, -0.15) is 0 Å². The monoisotopic (exact) mass is 205 g/mol. The second kappa shape index (κ2) is 4.01. The van der Waals surface area contributed by atoms with Crippen LogP contribution < -0.4 is 15.5 Å². The van der Waals surface area contributed by atoms with Gasteiger partial charge in [-0.1, -0.05) is 6.92 Å². The fourth-order valence-corrected chi connectivity index (χ4v) is 1.83. The Morgan fingerprint density at radius 1 is 1.33 bits per heavy atom. The van der Waals surface area contributed by atoms with Crippen molar-refractivity contribution in [3.63, 3.8) is 0 Å². The lowest BCUT2D eigenvalue weighted by molar-refractivity contribution is 0.713. The second-order valence-corrected chi connectivity index (χ2v) is 4.25. The van der Waals surface area contributed by atoms with Gasteiger partial charge in [0.25, 0.3) is 0 Å². The number of fused-ring (bicyclic) bond motifs is 1. The summed E-state index contributed by atoms with van der Waals surface area (Å²) in [6.45, 7) is 3.22. The molecule has 0 fully saturated rings. The van der Waals surface area contributed by atoms with E-state index in [0.717, 1.165) is 13.0 Å². The molecule has 3 nitrogen and oxygen atoms in total. The third-order valence-electron chi connectivity index (χ3n) is 2.91. The number of benzene rings is 1. The number of nitrogens with zero attached hydrogens (tertiary/aromatic N) is 1. The van der Waals surface area contributed by atoms with Crippen molar-refractivity contribution in [2.24, 2.45) is 0 Å². The molecule has 1 atom stereocenters. The van der Waals surface area contributed by atoms with Crippen LogP contribution in [0.2, 0.25) is 0 Å². The van der Waals surface area contributed by atoms with Gasteiger partial charge in [0, 0.05) is 32.4 Å². The predicted molar refractivity (Wildman–Crippen MR) is 67.0 cm³/mol. The molecule has 1 aliphatic rings. The Hall–Kier alpha value is -1.38. The zero-order valence-corrected chi connectivity index (χ0v) is 9.67. The molecule has 0 aromatic heterocycles. The lowest BCUT2D eigenvalue weighted by atomic mass is 10.1. The van der Waals surface area contributed by atoms with Crippen LogP contribution in [-0.4, -0.2) is 26.7 Å². The third kappa shape index (κ3) is 2.01. The summed E-state index contributed by atoms with van der Waals surface area (Å²) in [4.78, 5) is 2.12. The van der Waals surface area contributed by atoms with E-state index in [-0.39, 0.29) is 0 Å². The average molecular weight is 205 g/mol. The molecule has 0 amide bonds. The first-order chi connectivity index (χ1) is 7.20. The summed E-state index contributed by atoms with van der Waals surface area (Å²) in [5.41, 5.74) is 3.67. The largest absolute Gasteiger partial charge is 0.381 e. The molecule has 0 spiro atoms. The van der Waals surface area contributed by atoms with Crippen LogP contribution in [0.15, 0.2) is 18.2 Å². The molecule has 15 heavy (non-hydrogen) atoms. The zero-order valence-electron chi connectivity index (χ0n) is 9.67. The first kappa shape index (κ1) is 10.1. The van der Waals surface area contributed by atoms with E-state index in [0.29, 0.717) is 6.04 Å². The van der Waals surface area contributed by atoms with E-state index in [4.69, 9.17) is 0 Å². The summed E-state index contributed by atoms with van der Waals surface area (Å²) < 4.78 is 0. The predicted octanol–water partition coefficient (Wildman–Crippen LogP) is 2.37. The average Bonchev–Trinajstić information content (AvgIpc) is 2.27. The van der Waals surface area contributed by atoms with Gasteiger partial charge in [0.2, 0.25) is 0 Å². The number of hydrogen-bond acceptors (Lipinski definition) is 3. The highest BCUT2D eigenvalue weighted by Gasteiger charge is 2.15. The van der Waals surface area contributed by atoms with E-state index in [1.54, 1.807) is 0 Å². The molecule has 2 rings (SSSR count). The molecule has 2 N–H and O–H groups in total. The standard InChI is InChI=1S/C12H19N3/c1-4-9-8-13-12-7-10(15(2)3)5-6-11(12)14-9/h5-7,9,13-14H,4,8H2,1-3H3. The van der Waals surface area contributed by atoms with Gasteiger partial charge < -0.3 is 15.5 Å². The Morgan fingerprint density at radius 2 is 2.13 bits per heavy atom. The topological polar surface area (TPSA) is 27.3 Å². The number of anilines is 3. The lowest BCUT2D eigenvalue weighted by Crippen LogP contribution is -2.32. The highest BCUT2D eigenvalue weighted by molar-refractivity contribution is 5.76. The summed E-state index contributed by atoms with van der Waals surface area (Å²) in [6.07, 6.45) is 1.15. The molecule has 1 heterocycles. The fraction of sp³-hybridized carbons (Fsp3) is 0.500. The van der Waals surface area contributed by atoms with E-state index in [9.17, 15) is 0 Å². The molecule has 1 unspecified atom stereocenters. The molecule has 1 aromatic carbocycles. The Morgan fingerprint density at radius 3 is 2.80 bits per heavy atom. The molecular weight excluding hydrogens is 186 g/mol. The van der Waals surface area contributed by atoms with Crippen molar-refractivity contribution in [3.8, 4) is 0 Å². The van der Waals surface area contributed by atoms with Crippen LogP contribution in [0.3, 0.4) is 0 Å². The van der Waals surface area contributed by atoms with E-state index >= 15 is 0 Å². The maximum atomic E-state index is 3.53. The van der Waals surface area contributed by atoms with Gasteiger partial charge in [0.15, 0.2) is 0 Å². The summed E-state index contributed by atoms with van der Waals surface area (Å²) in [5, 5.41) is 7.00. The highest BCUT2D eigenvalue weighted by Crippen LogP contribution is 2.30. The first-order valence-corrected chi connectivity index (χ1v) is 5.52. The lowest BCUT2D eigenvalue weighted by Gasteiger charge is -2.28. The molecule has 0 aliphatic carbocycles. The van der Waals surface area contributed by atoms with Crippen LogP contribution >= 0.6 is 0 Å². The van der Waals surface area contributed by atoms with Crippen molar-refractivity contribution in [1.82, 2.24) is 0 Å². The van der Waals surface area contributed by atoms with Crippen LogP contribution in [0.1, 0.15) is 13.3 Å². The van der Waals surface area contributed by atoms with Gasteiger partial charge in [0.05, 0.1) is 11.4 Å². The Labute approximate surface area is 91.5 Å². The van der Waals surface area contributed by atoms with Crippen molar-refractivity contribution >= 4 is 17.1 Å². The van der Waals surface area contributed by atoms with E-state index in [2.05, 4.69) is 54.8 Å². The van der Waals surface area contributed by atoms with E-state index in [1.807, 2.05) is 0 Å².